The van der Waals surface area contributed by atoms with E-state index >= 15 is 0 Å². The van der Waals surface area contributed by atoms with Crippen LogP contribution in [0, 0.1) is 5.92 Å². The maximum atomic E-state index is 9.76. The van der Waals surface area contributed by atoms with Crippen LogP contribution in [0.15, 0.2) is 6.33 Å². The number of likely N-dealkylation sites (tertiary alicyclic amines) is 1. The third-order valence-electron chi connectivity index (χ3n) is 4.40. The summed E-state index contributed by atoms with van der Waals surface area (Å²) in [5, 5.41) is 14.0. The topological polar surface area (TPSA) is 54.2 Å². The summed E-state index contributed by atoms with van der Waals surface area (Å²) in [6.07, 6.45) is 5.51. The van der Waals surface area contributed by atoms with E-state index in [0.29, 0.717) is 18.5 Å². The Hall–Kier alpha value is -0.940. The first-order valence-corrected chi connectivity index (χ1v) is 7.89. The van der Waals surface area contributed by atoms with Crippen molar-refractivity contribution in [3.63, 3.8) is 0 Å². The molecule has 0 spiro atoms. The highest BCUT2D eigenvalue weighted by Crippen LogP contribution is 2.22. The van der Waals surface area contributed by atoms with Crippen molar-refractivity contribution in [1.29, 1.82) is 0 Å². The van der Waals surface area contributed by atoms with Gasteiger partial charge in [0.05, 0.1) is 12.6 Å². The highest BCUT2D eigenvalue weighted by atomic mass is 16.3. The van der Waals surface area contributed by atoms with Crippen LogP contribution in [0.25, 0.3) is 0 Å². The molecule has 0 saturated carbocycles. The van der Waals surface area contributed by atoms with E-state index < -0.39 is 0 Å². The average Bonchev–Trinajstić information content (AvgIpc) is 2.86. The summed E-state index contributed by atoms with van der Waals surface area (Å²) >= 11 is 0. The van der Waals surface area contributed by atoms with Gasteiger partial charge >= 0.3 is 0 Å². The summed E-state index contributed by atoms with van der Waals surface area (Å²) < 4.78 is 1.88. The minimum Gasteiger partial charge on any atom is -0.391 e. The molecule has 114 valence electrons. The van der Waals surface area contributed by atoms with Crippen molar-refractivity contribution in [1.82, 2.24) is 19.7 Å². The van der Waals surface area contributed by atoms with Crippen molar-refractivity contribution < 1.29 is 5.11 Å². The molecule has 5 heteroatoms. The molecule has 2 heterocycles. The Kier molecular flexibility index (Phi) is 5.54. The summed E-state index contributed by atoms with van der Waals surface area (Å²) in [4.78, 5) is 6.92. The Morgan fingerprint density at radius 3 is 2.65 bits per heavy atom. The fourth-order valence-corrected chi connectivity index (χ4v) is 2.86. The average molecular weight is 280 g/mol. The highest BCUT2D eigenvalue weighted by molar-refractivity contribution is 4.90. The van der Waals surface area contributed by atoms with Gasteiger partial charge in [0.1, 0.15) is 12.2 Å². The monoisotopic (exact) mass is 280 g/mol. The van der Waals surface area contributed by atoms with Crippen LogP contribution in [0.1, 0.15) is 45.9 Å². The molecular weight excluding hydrogens is 252 g/mol. The first kappa shape index (κ1) is 15.4. The molecular formula is C15H28N4O. The van der Waals surface area contributed by atoms with Crippen LogP contribution < -0.4 is 0 Å². The van der Waals surface area contributed by atoms with Crippen LogP contribution in [0.3, 0.4) is 0 Å². The van der Waals surface area contributed by atoms with Gasteiger partial charge < -0.3 is 10.0 Å². The van der Waals surface area contributed by atoms with Gasteiger partial charge in [0.25, 0.3) is 0 Å². The van der Waals surface area contributed by atoms with Gasteiger partial charge in [-0.2, -0.15) is 5.10 Å². The van der Waals surface area contributed by atoms with Gasteiger partial charge in [0, 0.05) is 12.5 Å². The lowest BCUT2D eigenvalue weighted by atomic mass is 9.92. The van der Waals surface area contributed by atoms with Crippen molar-refractivity contribution in [2.45, 2.75) is 65.1 Å². The van der Waals surface area contributed by atoms with Crippen LogP contribution in [0.4, 0.5) is 0 Å². The third-order valence-corrected chi connectivity index (χ3v) is 4.40. The minimum atomic E-state index is -0.321. The van der Waals surface area contributed by atoms with E-state index in [9.17, 15) is 5.11 Å². The molecule has 0 aliphatic carbocycles. The van der Waals surface area contributed by atoms with Crippen LogP contribution >= 0.6 is 0 Å². The normalized spacial score (nSPS) is 19.6. The predicted molar refractivity (Wildman–Crippen MR) is 79.5 cm³/mol. The molecule has 1 aliphatic rings. The van der Waals surface area contributed by atoms with E-state index in [1.54, 1.807) is 6.33 Å². The molecule has 1 fully saturated rings. The molecule has 1 atom stereocenters. The molecule has 1 aliphatic heterocycles. The van der Waals surface area contributed by atoms with Crippen LogP contribution in [0.5, 0.6) is 0 Å². The van der Waals surface area contributed by atoms with E-state index in [2.05, 4.69) is 28.8 Å². The number of rotatable bonds is 6. The second kappa shape index (κ2) is 7.18. The molecule has 0 radical (unpaired) electrons. The zero-order valence-corrected chi connectivity index (χ0v) is 13.0. The van der Waals surface area contributed by atoms with Crippen LogP contribution in [0.2, 0.25) is 0 Å². The van der Waals surface area contributed by atoms with Crippen molar-refractivity contribution in [2.75, 3.05) is 13.1 Å². The van der Waals surface area contributed by atoms with Gasteiger partial charge in [-0.25, -0.2) is 9.67 Å². The predicted octanol–water partition coefficient (Wildman–Crippen LogP) is 1.71. The number of piperidine rings is 1. The zero-order valence-electron chi connectivity index (χ0n) is 13.0. The van der Waals surface area contributed by atoms with Gasteiger partial charge in [0.2, 0.25) is 0 Å². The molecule has 20 heavy (non-hydrogen) atoms. The second-order valence-electron chi connectivity index (χ2n) is 6.20. The third kappa shape index (κ3) is 4.03. The summed E-state index contributed by atoms with van der Waals surface area (Å²) in [6.45, 7) is 9.47. The molecule has 2 rings (SSSR count). The van der Waals surface area contributed by atoms with Crippen LogP contribution in [-0.4, -0.2) is 50.0 Å². The lowest BCUT2D eigenvalue weighted by Crippen LogP contribution is -2.39. The molecule has 1 aromatic heterocycles. The number of aromatic nitrogens is 3. The maximum absolute atomic E-state index is 9.76. The van der Waals surface area contributed by atoms with E-state index in [4.69, 9.17) is 0 Å². The largest absolute Gasteiger partial charge is 0.391 e. The summed E-state index contributed by atoms with van der Waals surface area (Å²) in [7, 11) is 0. The fraction of sp³-hybridized carbons (Fsp3) is 0.867. The molecule has 5 nitrogen and oxygen atoms in total. The lowest BCUT2D eigenvalue weighted by Gasteiger charge is -2.34. The van der Waals surface area contributed by atoms with Crippen molar-refractivity contribution >= 4 is 0 Å². The molecule has 1 N–H and O–H groups in total. The lowest BCUT2D eigenvalue weighted by molar-refractivity contribution is 0.137. The minimum absolute atomic E-state index is 0.321. The highest BCUT2D eigenvalue weighted by Gasteiger charge is 2.22. The second-order valence-corrected chi connectivity index (χ2v) is 6.20. The Balaban J connectivity index is 1.87. The summed E-state index contributed by atoms with van der Waals surface area (Å²) in [5.74, 6) is 1.73. The smallest absolute Gasteiger partial charge is 0.138 e. The summed E-state index contributed by atoms with van der Waals surface area (Å²) in [6, 6.07) is 0.652. The number of aliphatic hydroxyl groups excluding tert-OH is 1. The fourth-order valence-electron chi connectivity index (χ4n) is 2.86. The number of hydrogen-bond donors (Lipinski definition) is 1. The van der Waals surface area contributed by atoms with Crippen molar-refractivity contribution in [3.8, 4) is 0 Å². The molecule has 0 aromatic carbocycles. The quantitative estimate of drug-likeness (QED) is 0.862. The molecule has 0 amide bonds. The maximum Gasteiger partial charge on any atom is 0.138 e. The van der Waals surface area contributed by atoms with Gasteiger partial charge in [-0.15, -0.1) is 0 Å². The molecule has 1 saturated heterocycles. The Bertz CT molecular complexity index is 396. The van der Waals surface area contributed by atoms with E-state index in [1.165, 1.54) is 25.9 Å². The standard InChI is InChI=1S/C15H28N4O/c1-4-14(20)10-19-15(16-11-17-19)9-13-5-7-18(8-6-13)12(2)3/h11-14,20H,4-10H2,1-3H3/t14-/m1/s1. The number of aliphatic hydroxyl groups is 1. The Labute approximate surface area is 122 Å². The number of nitrogens with zero attached hydrogens (tertiary/aromatic N) is 4. The van der Waals surface area contributed by atoms with E-state index in [0.717, 1.165) is 18.7 Å². The van der Waals surface area contributed by atoms with Gasteiger partial charge in [-0.1, -0.05) is 6.92 Å². The van der Waals surface area contributed by atoms with E-state index in [-0.39, 0.29) is 6.10 Å². The molecule has 0 unspecified atom stereocenters. The summed E-state index contributed by atoms with van der Waals surface area (Å²) in [5.41, 5.74) is 0. The van der Waals surface area contributed by atoms with Crippen molar-refractivity contribution in [2.24, 2.45) is 5.92 Å². The van der Waals surface area contributed by atoms with Crippen molar-refractivity contribution in [3.05, 3.63) is 12.2 Å². The SMILES string of the molecule is CC[C@@H](O)Cn1ncnc1CC1CCN(C(C)C)CC1. The zero-order chi connectivity index (χ0) is 14.5. The van der Waals surface area contributed by atoms with Gasteiger partial charge in [-0.05, 0) is 52.1 Å². The number of hydrogen-bond acceptors (Lipinski definition) is 4. The first-order chi connectivity index (χ1) is 9.60. The van der Waals surface area contributed by atoms with E-state index in [1.807, 2.05) is 11.6 Å². The van der Waals surface area contributed by atoms with Gasteiger partial charge in [-0.3, -0.25) is 0 Å². The van der Waals surface area contributed by atoms with Gasteiger partial charge in [0.15, 0.2) is 0 Å². The Morgan fingerprint density at radius 2 is 2.05 bits per heavy atom. The van der Waals surface area contributed by atoms with Crippen LogP contribution in [-0.2, 0) is 13.0 Å². The first-order valence-electron chi connectivity index (χ1n) is 7.89. The molecule has 0 bridgehead atoms. The molecule has 1 aromatic rings. The Morgan fingerprint density at radius 1 is 1.35 bits per heavy atom.